The van der Waals surface area contributed by atoms with Gasteiger partial charge in [0.25, 0.3) is 0 Å². The Morgan fingerprint density at radius 2 is 2.44 bits per heavy atom. The number of aldehydes is 1. The lowest BCUT2D eigenvalue weighted by Crippen LogP contribution is -1.77. The average Bonchev–Trinajstić information content (AvgIpc) is 2.34. The van der Waals surface area contributed by atoms with E-state index in [9.17, 15) is 4.79 Å². The van der Waals surface area contributed by atoms with E-state index in [1.54, 1.807) is 12.1 Å². The minimum absolute atomic E-state index is 0.414. The Balaban J connectivity index is 3.03. The summed E-state index contributed by atoms with van der Waals surface area (Å²) in [5.74, 6) is 0. The molecule has 0 amide bonds. The van der Waals surface area contributed by atoms with E-state index in [4.69, 9.17) is 5.26 Å². The van der Waals surface area contributed by atoms with Crippen LogP contribution in [0.25, 0.3) is 0 Å². The smallest absolute Gasteiger partial charge is 0.166 e. The van der Waals surface area contributed by atoms with Crippen LogP contribution in [0.3, 0.4) is 0 Å². The first-order valence-corrected chi connectivity index (χ1v) is 2.41. The standard InChI is InChI=1S/C6H4N2O/c7-3-5-1-2-6(4-9)8-5/h1-2,4,8H. The molecule has 1 aromatic heterocycles. The van der Waals surface area contributed by atoms with Crippen LogP contribution in [0.15, 0.2) is 12.1 Å². The summed E-state index contributed by atoms with van der Waals surface area (Å²) in [6.45, 7) is 0. The molecule has 0 atom stereocenters. The molecule has 1 heterocycles. The van der Waals surface area contributed by atoms with Crippen LogP contribution in [0.2, 0.25) is 0 Å². The third-order valence-electron chi connectivity index (χ3n) is 0.956. The number of rotatable bonds is 1. The van der Waals surface area contributed by atoms with Crippen molar-refractivity contribution >= 4 is 6.29 Å². The van der Waals surface area contributed by atoms with E-state index in [-0.39, 0.29) is 0 Å². The molecule has 3 nitrogen and oxygen atoms in total. The maximum absolute atomic E-state index is 10.00. The van der Waals surface area contributed by atoms with Gasteiger partial charge in [-0.3, -0.25) is 4.79 Å². The minimum atomic E-state index is 0.414. The SMILES string of the molecule is N#Cc1ccc(C=O)[nH]1. The average molecular weight is 120 g/mol. The molecule has 0 aliphatic heterocycles. The molecule has 0 aliphatic carbocycles. The number of hydrogen-bond donors (Lipinski definition) is 1. The fourth-order valence-corrected chi connectivity index (χ4v) is 0.546. The van der Waals surface area contributed by atoms with Crippen molar-refractivity contribution in [3.8, 4) is 6.07 Å². The summed E-state index contributed by atoms with van der Waals surface area (Å²) < 4.78 is 0. The molecule has 1 rings (SSSR count). The first-order valence-electron chi connectivity index (χ1n) is 2.41. The molecule has 0 radical (unpaired) electrons. The lowest BCUT2D eigenvalue weighted by Gasteiger charge is -1.74. The summed E-state index contributed by atoms with van der Waals surface area (Å²) in [6, 6.07) is 4.99. The molecule has 0 spiro atoms. The van der Waals surface area contributed by atoms with Crippen LogP contribution in [0, 0.1) is 11.3 Å². The van der Waals surface area contributed by atoms with Gasteiger partial charge in [0, 0.05) is 0 Å². The molecule has 1 aromatic rings. The second-order valence-corrected chi connectivity index (χ2v) is 1.56. The van der Waals surface area contributed by atoms with E-state index < -0.39 is 0 Å². The molecule has 0 saturated heterocycles. The summed E-state index contributed by atoms with van der Waals surface area (Å²) in [4.78, 5) is 12.6. The Kier molecular flexibility index (Phi) is 1.32. The van der Waals surface area contributed by atoms with Gasteiger partial charge in [-0.1, -0.05) is 0 Å². The second-order valence-electron chi connectivity index (χ2n) is 1.56. The lowest BCUT2D eigenvalue weighted by molar-refractivity contribution is 0.111. The third kappa shape index (κ3) is 0.970. The number of aromatic nitrogens is 1. The van der Waals surface area contributed by atoms with Gasteiger partial charge in [0.2, 0.25) is 0 Å². The number of H-pyrrole nitrogens is 1. The zero-order valence-corrected chi connectivity index (χ0v) is 4.59. The van der Waals surface area contributed by atoms with Gasteiger partial charge in [-0.15, -0.1) is 0 Å². The molecule has 0 aliphatic rings. The maximum Gasteiger partial charge on any atom is 0.166 e. The van der Waals surface area contributed by atoms with Gasteiger partial charge in [-0.25, -0.2) is 0 Å². The molecule has 44 valence electrons. The Morgan fingerprint density at radius 1 is 1.67 bits per heavy atom. The predicted molar refractivity (Wildman–Crippen MR) is 30.9 cm³/mol. The Hall–Kier alpha value is -1.56. The van der Waals surface area contributed by atoms with Crippen LogP contribution in [0.4, 0.5) is 0 Å². The molecule has 3 heteroatoms. The van der Waals surface area contributed by atoms with Crippen molar-refractivity contribution in [3.05, 3.63) is 23.5 Å². The molecule has 0 saturated carbocycles. The number of hydrogen-bond acceptors (Lipinski definition) is 2. The van der Waals surface area contributed by atoms with Gasteiger partial charge in [-0.2, -0.15) is 5.26 Å². The summed E-state index contributed by atoms with van der Waals surface area (Å²) in [5.41, 5.74) is 0.851. The van der Waals surface area contributed by atoms with Gasteiger partial charge in [0.1, 0.15) is 11.8 Å². The van der Waals surface area contributed by atoms with Crippen LogP contribution in [0.1, 0.15) is 16.2 Å². The van der Waals surface area contributed by atoms with Crippen molar-refractivity contribution in [2.24, 2.45) is 0 Å². The van der Waals surface area contributed by atoms with Gasteiger partial charge in [0.15, 0.2) is 6.29 Å². The van der Waals surface area contributed by atoms with Crippen molar-refractivity contribution < 1.29 is 4.79 Å². The predicted octanol–water partition coefficient (Wildman–Crippen LogP) is 0.699. The highest BCUT2D eigenvalue weighted by Crippen LogP contribution is 1.95. The number of nitriles is 1. The van der Waals surface area contributed by atoms with E-state index in [2.05, 4.69) is 4.98 Å². The second kappa shape index (κ2) is 2.14. The fraction of sp³-hybridized carbons (Fsp3) is 0. The molecular weight excluding hydrogens is 116 g/mol. The monoisotopic (exact) mass is 120 g/mol. The Labute approximate surface area is 51.9 Å². The van der Waals surface area contributed by atoms with E-state index in [1.807, 2.05) is 6.07 Å². The summed E-state index contributed by atoms with van der Waals surface area (Å²) in [6.07, 6.45) is 0.668. The first kappa shape index (κ1) is 5.57. The fourth-order valence-electron chi connectivity index (χ4n) is 0.546. The van der Waals surface area contributed by atoms with Crippen molar-refractivity contribution in [1.82, 2.24) is 4.98 Å². The zero-order valence-electron chi connectivity index (χ0n) is 4.59. The van der Waals surface area contributed by atoms with Gasteiger partial charge in [0.05, 0.1) is 5.69 Å². The van der Waals surface area contributed by atoms with E-state index >= 15 is 0 Å². The number of nitrogens with zero attached hydrogens (tertiary/aromatic N) is 1. The quantitative estimate of drug-likeness (QED) is 0.554. The van der Waals surface area contributed by atoms with Crippen molar-refractivity contribution in [2.45, 2.75) is 0 Å². The summed E-state index contributed by atoms with van der Waals surface area (Å²) in [7, 11) is 0. The molecule has 9 heavy (non-hydrogen) atoms. The minimum Gasteiger partial charge on any atom is -0.344 e. The van der Waals surface area contributed by atoms with Gasteiger partial charge < -0.3 is 4.98 Å². The molecule has 1 N–H and O–H groups in total. The van der Waals surface area contributed by atoms with Crippen LogP contribution < -0.4 is 0 Å². The highest BCUT2D eigenvalue weighted by molar-refractivity contribution is 5.72. The number of carbonyl (C=O) groups is 1. The van der Waals surface area contributed by atoms with Crippen molar-refractivity contribution in [2.75, 3.05) is 0 Å². The number of aromatic amines is 1. The van der Waals surface area contributed by atoms with Crippen molar-refractivity contribution in [3.63, 3.8) is 0 Å². The van der Waals surface area contributed by atoms with Crippen LogP contribution in [-0.2, 0) is 0 Å². The zero-order chi connectivity index (χ0) is 6.69. The largest absolute Gasteiger partial charge is 0.344 e. The van der Waals surface area contributed by atoms with Crippen LogP contribution in [-0.4, -0.2) is 11.3 Å². The van der Waals surface area contributed by atoms with E-state index in [0.717, 1.165) is 0 Å². The highest BCUT2D eigenvalue weighted by Gasteiger charge is 1.92. The van der Waals surface area contributed by atoms with Crippen molar-refractivity contribution in [1.29, 1.82) is 5.26 Å². The van der Waals surface area contributed by atoms with Crippen LogP contribution >= 0.6 is 0 Å². The number of carbonyl (C=O) groups excluding carboxylic acids is 1. The highest BCUT2D eigenvalue weighted by atomic mass is 16.1. The maximum atomic E-state index is 10.00. The Bertz CT molecular complexity index is 256. The normalized spacial score (nSPS) is 8.33. The summed E-state index contributed by atoms with van der Waals surface area (Å²) in [5, 5.41) is 8.25. The van der Waals surface area contributed by atoms with E-state index in [0.29, 0.717) is 17.7 Å². The van der Waals surface area contributed by atoms with E-state index in [1.165, 1.54) is 0 Å². The number of nitrogens with one attached hydrogen (secondary N) is 1. The molecule has 0 fully saturated rings. The Morgan fingerprint density at radius 3 is 2.78 bits per heavy atom. The van der Waals surface area contributed by atoms with Gasteiger partial charge >= 0.3 is 0 Å². The van der Waals surface area contributed by atoms with Crippen LogP contribution in [0.5, 0.6) is 0 Å². The molecular formula is C6H4N2O. The first-order chi connectivity index (χ1) is 4.36. The lowest BCUT2D eigenvalue weighted by atomic mass is 10.4. The topological polar surface area (TPSA) is 56.6 Å². The molecule has 0 aromatic carbocycles. The molecule has 0 unspecified atom stereocenters. The third-order valence-corrected chi connectivity index (χ3v) is 0.956. The summed E-state index contributed by atoms with van der Waals surface area (Å²) >= 11 is 0. The molecule has 0 bridgehead atoms. The van der Waals surface area contributed by atoms with Gasteiger partial charge in [-0.05, 0) is 12.1 Å².